The summed E-state index contributed by atoms with van der Waals surface area (Å²) in [5, 5.41) is 11.6. The molecule has 0 aromatic heterocycles. The van der Waals surface area contributed by atoms with Crippen LogP contribution in [0.3, 0.4) is 0 Å². The second-order valence-electron chi connectivity index (χ2n) is 5.94. The molecule has 0 aliphatic heterocycles. The number of carboxylic acid groups (broad SMARTS) is 1. The minimum atomic E-state index is -0.842. The van der Waals surface area contributed by atoms with Crippen LogP contribution in [0, 0.1) is 0 Å². The van der Waals surface area contributed by atoms with Crippen molar-refractivity contribution in [2.75, 3.05) is 33.7 Å². The van der Waals surface area contributed by atoms with Gasteiger partial charge in [0.15, 0.2) is 0 Å². The predicted octanol–water partition coefficient (Wildman–Crippen LogP) is 1.61. The molecule has 2 N–H and O–H groups in total. The van der Waals surface area contributed by atoms with E-state index >= 15 is 0 Å². The van der Waals surface area contributed by atoms with Crippen LogP contribution >= 0.6 is 0 Å². The zero-order chi connectivity index (χ0) is 15.8. The van der Waals surface area contributed by atoms with E-state index in [1.165, 1.54) is 0 Å². The van der Waals surface area contributed by atoms with Gasteiger partial charge in [-0.05, 0) is 54.3 Å². The van der Waals surface area contributed by atoms with Crippen molar-refractivity contribution in [3.63, 3.8) is 0 Å². The molecule has 0 radical (unpaired) electrons. The van der Waals surface area contributed by atoms with E-state index in [0.717, 1.165) is 13.0 Å². The molecule has 0 aromatic carbocycles. The summed E-state index contributed by atoms with van der Waals surface area (Å²) < 4.78 is 0. The molecule has 0 aliphatic rings. The largest absolute Gasteiger partial charge is 0.481 e. The number of nitrogens with zero attached hydrogens (tertiary/aromatic N) is 2. The maximum Gasteiger partial charge on any atom is 0.317 e. The van der Waals surface area contributed by atoms with Crippen LogP contribution in [0.5, 0.6) is 0 Å². The Balaban J connectivity index is 4.28. The third kappa shape index (κ3) is 8.74. The first-order valence-electron chi connectivity index (χ1n) is 7.11. The number of carbonyl (C=O) groups excluding carboxylic acids is 1. The smallest absolute Gasteiger partial charge is 0.317 e. The van der Waals surface area contributed by atoms with Crippen LogP contribution in [0.1, 0.15) is 40.0 Å². The predicted molar refractivity (Wildman–Crippen MR) is 79.9 cm³/mol. The molecule has 0 rings (SSSR count). The quantitative estimate of drug-likeness (QED) is 0.676. The minimum Gasteiger partial charge on any atom is -0.481 e. The Morgan fingerprint density at radius 3 is 2.25 bits per heavy atom. The van der Waals surface area contributed by atoms with Gasteiger partial charge in [-0.1, -0.05) is 0 Å². The topological polar surface area (TPSA) is 72.9 Å². The second kappa shape index (κ2) is 8.79. The molecular weight excluding hydrogens is 258 g/mol. The fraction of sp³-hybridized carbons (Fsp3) is 0.857. The summed E-state index contributed by atoms with van der Waals surface area (Å²) in [5.41, 5.74) is -0.509. The number of hydrogen-bond donors (Lipinski definition) is 2. The number of urea groups is 1. The monoisotopic (exact) mass is 287 g/mol. The lowest BCUT2D eigenvalue weighted by atomic mass is 9.99. The average molecular weight is 287 g/mol. The molecule has 0 heterocycles. The second-order valence-corrected chi connectivity index (χ2v) is 5.94. The average Bonchev–Trinajstić information content (AvgIpc) is 2.31. The normalized spacial score (nSPS) is 11.5. The fourth-order valence-corrected chi connectivity index (χ4v) is 1.83. The summed E-state index contributed by atoms with van der Waals surface area (Å²) >= 11 is 0. The van der Waals surface area contributed by atoms with Crippen molar-refractivity contribution < 1.29 is 14.7 Å². The van der Waals surface area contributed by atoms with Gasteiger partial charge in [-0.2, -0.15) is 0 Å². The summed E-state index contributed by atoms with van der Waals surface area (Å²) in [6, 6.07) is -0.123. The number of aliphatic carboxylic acids is 1. The Kier molecular flexibility index (Phi) is 8.22. The lowest BCUT2D eigenvalue weighted by molar-refractivity contribution is -0.137. The minimum absolute atomic E-state index is 0.0556. The van der Waals surface area contributed by atoms with E-state index in [1.54, 1.807) is 4.90 Å². The standard InChI is InChI=1S/C14H29N3O3/c1-6-17(11-7-10-16(4)5)13(20)15-14(2,3)9-8-12(18)19/h6-11H2,1-5H3,(H,15,20)(H,18,19). The zero-order valence-electron chi connectivity index (χ0n) is 13.4. The molecule has 0 fully saturated rings. The third-order valence-electron chi connectivity index (χ3n) is 3.11. The van der Waals surface area contributed by atoms with E-state index in [9.17, 15) is 9.59 Å². The van der Waals surface area contributed by atoms with Crippen LogP contribution in [-0.4, -0.2) is 66.2 Å². The van der Waals surface area contributed by atoms with Crippen molar-refractivity contribution in [2.24, 2.45) is 0 Å². The van der Waals surface area contributed by atoms with Crippen LogP contribution in [-0.2, 0) is 4.79 Å². The highest BCUT2D eigenvalue weighted by Crippen LogP contribution is 2.12. The van der Waals surface area contributed by atoms with Crippen molar-refractivity contribution in [1.82, 2.24) is 15.1 Å². The summed E-state index contributed by atoms with van der Waals surface area (Å²) in [5.74, 6) is -0.842. The molecule has 0 saturated carbocycles. The highest BCUT2D eigenvalue weighted by molar-refractivity contribution is 5.75. The molecule has 6 heteroatoms. The Labute approximate surface area is 122 Å². The van der Waals surface area contributed by atoms with Gasteiger partial charge in [0.25, 0.3) is 0 Å². The van der Waals surface area contributed by atoms with Gasteiger partial charge in [-0.25, -0.2) is 4.79 Å². The van der Waals surface area contributed by atoms with E-state index < -0.39 is 11.5 Å². The van der Waals surface area contributed by atoms with Gasteiger partial charge < -0.3 is 20.2 Å². The highest BCUT2D eigenvalue weighted by atomic mass is 16.4. The lowest BCUT2D eigenvalue weighted by Crippen LogP contribution is -2.50. The first kappa shape index (κ1) is 18.7. The summed E-state index contributed by atoms with van der Waals surface area (Å²) in [4.78, 5) is 26.6. The molecule has 0 atom stereocenters. The number of carbonyl (C=O) groups is 2. The zero-order valence-corrected chi connectivity index (χ0v) is 13.4. The first-order valence-corrected chi connectivity index (χ1v) is 7.11. The molecule has 0 aliphatic carbocycles. The van der Waals surface area contributed by atoms with Gasteiger partial charge in [0.1, 0.15) is 0 Å². The molecule has 0 bridgehead atoms. The molecular formula is C14H29N3O3. The Bertz CT molecular complexity index is 317. The number of hydrogen-bond acceptors (Lipinski definition) is 3. The number of nitrogens with one attached hydrogen (secondary N) is 1. The van der Waals surface area contributed by atoms with Gasteiger partial charge >= 0.3 is 12.0 Å². The lowest BCUT2D eigenvalue weighted by Gasteiger charge is -2.30. The van der Waals surface area contributed by atoms with Crippen molar-refractivity contribution in [1.29, 1.82) is 0 Å². The van der Waals surface area contributed by atoms with Gasteiger partial charge in [-0.3, -0.25) is 4.79 Å². The molecule has 0 unspecified atom stereocenters. The number of carboxylic acids is 1. The van der Waals surface area contributed by atoms with Crippen LogP contribution in [0.25, 0.3) is 0 Å². The van der Waals surface area contributed by atoms with E-state index in [1.807, 2.05) is 34.9 Å². The van der Waals surface area contributed by atoms with Crippen LogP contribution in [0.4, 0.5) is 4.79 Å². The highest BCUT2D eigenvalue weighted by Gasteiger charge is 2.23. The summed E-state index contributed by atoms with van der Waals surface area (Å²) in [6.45, 7) is 7.93. The van der Waals surface area contributed by atoms with Crippen LogP contribution < -0.4 is 5.32 Å². The van der Waals surface area contributed by atoms with E-state index in [4.69, 9.17) is 5.11 Å². The Morgan fingerprint density at radius 2 is 1.80 bits per heavy atom. The molecule has 0 saturated heterocycles. The van der Waals surface area contributed by atoms with Crippen LogP contribution in [0.15, 0.2) is 0 Å². The molecule has 2 amide bonds. The first-order chi connectivity index (χ1) is 9.18. The maximum atomic E-state index is 12.2. The SMILES string of the molecule is CCN(CCCN(C)C)C(=O)NC(C)(C)CCC(=O)O. The summed E-state index contributed by atoms with van der Waals surface area (Å²) in [7, 11) is 4.01. The van der Waals surface area contributed by atoms with Crippen molar-refractivity contribution in [2.45, 2.75) is 45.6 Å². The van der Waals surface area contributed by atoms with Gasteiger partial charge in [0.05, 0.1) is 0 Å². The van der Waals surface area contributed by atoms with E-state index in [0.29, 0.717) is 19.5 Å². The van der Waals surface area contributed by atoms with Gasteiger partial charge in [0, 0.05) is 25.0 Å². The number of amides is 2. The van der Waals surface area contributed by atoms with Crippen LogP contribution in [0.2, 0.25) is 0 Å². The molecule has 6 nitrogen and oxygen atoms in total. The maximum absolute atomic E-state index is 12.2. The molecule has 0 aromatic rings. The molecule has 0 spiro atoms. The van der Waals surface area contributed by atoms with E-state index in [-0.39, 0.29) is 12.5 Å². The third-order valence-corrected chi connectivity index (χ3v) is 3.11. The molecule has 20 heavy (non-hydrogen) atoms. The number of rotatable bonds is 9. The Morgan fingerprint density at radius 1 is 1.20 bits per heavy atom. The van der Waals surface area contributed by atoms with Gasteiger partial charge in [0.2, 0.25) is 0 Å². The van der Waals surface area contributed by atoms with E-state index in [2.05, 4.69) is 10.2 Å². The van der Waals surface area contributed by atoms with Crippen molar-refractivity contribution >= 4 is 12.0 Å². The van der Waals surface area contributed by atoms with Crippen molar-refractivity contribution in [3.05, 3.63) is 0 Å². The van der Waals surface area contributed by atoms with Gasteiger partial charge in [-0.15, -0.1) is 0 Å². The molecule has 118 valence electrons. The van der Waals surface area contributed by atoms with Crippen molar-refractivity contribution in [3.8, 4) is 0 Å². The fourth-order valence-electron chi connectivity index (χ4n) is 1.83. The summed E-state index contributed by atoms with van der Waals surface area (Å²) in [6.07, 6.45) is 1.40. The Hall–Kier alpha value is -1.30.